The van der Waals surface area contributed by atoms with Crippen LogP contribution in [0.2, 0.25) is 0 Å². The summed E-state index contributed by atoms with van der Waals surface area (Å²) in [7, 11) is 0. The van der Waals surface area contributed by atoms with Gasteiger partial charge in [-0.2, -0.15) is 5.10 Å². The molecule has 8 heteroatoms. The first-order valence-corrected chi connectivity index (χ1v) is 7.97. The number of amides is 2. The number of carbonyl (C=O) groups excluding carboxylic acids is 1. The Hall–Kier alpha value is -2.90. The van der Waals surface area contributed by atoms with Crippen LogP contribution in [0.25, 0.3) is 5.69 Å². The zero-order chi connectivity index (χ0) is 18.1. The van der Waals surface area contributed by atoms with Gasteiger partial charge in [0.15, 0.2) is 5.82 Å². The van der Waals surface area contributed by atoms with Crippen molar-refractivity contribution >= 4 is 17.7 Å². The van der Waals surface area contributed by atoms with E-state index in [1.54, 1.807) is 12.1 Å². The van der Waals surface area contributed by atoms with E-state index in [9.17, 15) is 14.0 Å². The fourth-order valence-electron chi connectivity index (χ4n) is 2.98. The molecule has 1 aromatic heterocycles. The lowest BCUT2D eigenvalue weighted by atomic mass is 10.1. The molecule has 0 radical (unpaired) electrons. The third-order valence-electron chi connectivity index (χ3n) is 4.26. The highest BCUT2D eigenvalue weighted by Crippen LogP contribution is 2.22. The summed E-state index contributed by atoms with van der Waals surface area (Å²) in [6.07, 6.45) is 0.425. The Morgan fingerprint density at radius 2 is 2.08 bits per heavy atom. The second-order valence-corrected chi connectivity index (χ2v) is 6.21. The fourth-order valence-corrected chi connectivity index (χ4v) is 2.98. The average Bonchev–Trinajstić information content (AvgIpc) is 3.14. The van der Waals surface area contributed by atoms with Crippen LogP contribution in [0.3, 0.4) is 0 Å². The van der Waals surface area contributed by atoms with Crippen LogP contribution < -0.4 is 5.32 Å². The van der Waals surface area contributed by atoms with Gasteiger partial charge in [-0.3, -0.25) is 4.79 Å². The molecule has 2 aromatic rings. The lowest BCUT2D eigenvalue weighted by molar-refractivity contribution is -0.141. The topological polar surface area (TPSA) is 87.5 Å². The lowest BCUT2D eigenvalue weighted by Gasteiger charge is -2.17. The largest absolute Gasteiger partial charge is 0.481 e. The van der Waals surface area contributed by atoms with E-state index in [1.807, 2.05) is 19.9 Å². The molecular formula is C17H19FN4O3. The zero-order valence-electron chi connectivity index (χ0n) is 14.0. The van der Waals surface area contributed by atoms with Crippen LogP contribution in [0.15, 0.2) is 24.3 Å². The van der Waals surface area contributed by atoms with Gasteiger partial charge in [0.05, 0.1) is 11.6 Å². The summed E-state index contributed by atoms with van der Waals surface area (Å²) >= 11 is 0. The molecule has 2 amide bonds. The van der Waals surface area contributed by atoms with Crippen LogP contribution in [0.1, 0.15) is 17.8 Å². The Balaban J connectivity index is 1.72. The molecule has 1 unspecified atom stereocenters. The number of aliphatic carboxylic acids is 1. The van der Waals surface area contributed by atoms with Crippen molar-refractivity contribution in [1.29, 1.82) is 0 Å². The van der Waals surface area contributed by atoms with Gasteiger partial charge < -0.3 is 15.3 Å². The van der Waals surface area contributed by atoms with Gasteiger partial charge in [0.1, 0.15) is 5.69 Å². The summed E-state index contributed by atoms with van der Waals surface area (Å²) in [4.78, 5) is 24.6. The maximum Gasteiger partial charge on any atom is 0.321 e. The van der Waals surface area contributed by atoms with Gasteiger partial charge in [-0.05, 0) is 44.5 Å². The maximum atomic E-state index is 14.4. The Bertz CT molecular complexity index is 833. The zero-order valence-corrected chi connectivity index (χ0v) is 14.0. The molecule has 1 aromatic carbocycles. The van der Waals surface area contributed by atoms with Crippen LogP contribution >= 0.6 is 0 Å². The van der Waals surface area contributed by atoms with E-state index in [0.29, 0.717) is 24.3 Å². The Kier molecular flexibility index (Phi) is 4.43. The molecule has 0 bridgehead atoms. The highest BCUT2D eigenvalue weighted by atomic mass is 19.1. The number of carbonyl (C=O) groups is 2. The van der Waals surface area contributed by atoms with Gasteiger partial charge in [0.25, 0.3) is 0 Å². The number of urea groups is 1. The Morgan fingerprint density at radius 3 is 2.64 bits per heavy atom. The lowest BCUT2D eigenvalue weighted by Crippen LogP contribution is -2.33. The number of nitrogens with zero attached hydrogens (tertiary/aromatic N) is 3. The summed E-state index contributed by atoms with van der Waals surface area (Å²) in [6, 6.07) is 5.80. The van der Waals surface area contributed by atoms with Gasteiger partial charge in [0, 0.05) is 24.5 Å². The van der Waals surface area contributed by atoms with Crippen molar-refractivity contribution in [3.05, 3.63) is 41.5 Å². The number of carboxylic acids is 1. The summed E-state index contributed by atoms with van der Waals surface area (Å²) < 4.78 is 15.9. The van der Waals surface area contributed by atoms with Gasteiger partial charge in [-0.1, -0.05) is 0 Å². The van der Waals surface area contributed by atoms with Crippen LogP contribution in [-0.2, 0) is 4.79 Å². The molecule has 1 aliphatic rings. The standard InChI is InChI=1S/C17H19FN4O3/c1-10-7-11(2)22(20-10)15-4-3-13(8-14(15)18)19-17(25)21-6-5-12(9-21)16(23)24/h3-4,7-8,12H,5-6,9H2,1-2H3,(H,19,25)(H,23,24). The maximum absolute atomic E-state index is 14.4. The summed E-state index contributed by atoms with van der Waals surface area (Å²) in [5.41, 5.74) is 2.21. The number of carboxylic acid groups (broad SMARTS) is 1. The normalized spacial score (nSPS) is 16.9. The molecule has 1 aliphatic heterocycles. The van der Waals surface area contributed by atoms with Gasteiger partial charge in [0.2, 0.25) is 0 Å². The van der Waals surface area contributed by atoms with Crippen molar-refractivity contribution in [2.75, 3.05) is 18.4 Å². The predicted octanol–water partition coefficient (Wildman–Crippen LogP) is 2.57. The molecule has 7 nitrogen and oxygen atoms in total. The number of benzene rings is 1. The highest BCUT2D eigenvalue weighted by molar-refractivity contribution is 5.90. The SMILES string of the molecule is Cc1cc(C)n(-c2ccc(NC(=O)N3CCC(C(=O)O)C3)cc2F)n1. The van der Waals surface area contributed by atoms with Crippen molar-refractivity contribution in [1.82, 2.24) is 14.7 Å². The van der Waals surface area contributed by atoms with Crippen LogP contribution in [0.5, 0.6) is 0 Å². The van der Waals surface area contributed by atoms with Gasteiger partial charge in [-0.25, -0.2) is 13.9 Å². The molecular weight excluding hydrogens is 327 g/mol. The summed E-state index contributed by atoms with van der Waals surface area (Å²) in [6.45, 7) is 4.19. The number of anilines is 1. The molecule has 1 saturated heterocycles. The number of nitrogens with one attached hydrogen (secondary N) is 1. The first kappa shape index (κ1) is 16.9. The molecule has 0 spiro atoms. The number of halogens is 1. The van der Waals surface area contributed by atoms with Crippen molar-refractivity contribution < 1.29 is 19.1 Å². The number of aryl methyl sites for hydroxylation is 2. The summed E-state index contributed by atoms with van der Waals surface area (Å²) in [5.74, 6) is -1.96. The van der Waals surface area contributed by atoms with Crippen molar-refractivity contribution in [2.45, 2.75) is 20.3 Å². The quantitative estimate of drug-likeness (QED) is 0.894. The van der Waals surface area contributed by atoms with Crippen molar-refractivity contribution in [3.63, 3.8) is 0 Å². The molecule has 0 saturated carbocycles. The molecule has 1 atom stereocenters. The first-order valence-electron chi connectivity index (χ1n) is 7.97. The molecule has 132 valence electrons. The minimum Gasteiger partial charge on any atom is -0.481 e. The van der Waals surface area contributed by atoms with E-state index < -0.39 is 23.7 Å². The fraction of sp³-hybridized carbons (Fsp3) is 0.353. The number of hydrogen-bond donors (Lipinski definition) is 2. The summed E-state index contributed by atoms with van der Waals surface area (Å²) in [5, 5.41) is 15.8. The first-order chi connectivity index (χ1) is 11.8. The van der Waals surface area contributed by atoms with E-state index in [4.69, 9.17) is 5.11 Å². The minimum atomic E-state index is -0.907. The van der Waals surface area contributed by atoms with Crippen LogP contribution in [0, 0.1) is 25.6 Å². The molecule has 2 N–H and O–H groups in total. The number of aromatic nitrogens is 2. The number of hydrogen-bond acceptors (Lipinski definition) is 3. The molecule has 1 fully saturated rings. The third kappa shape index (κ3) is 3.47. The predicted molar refractivity (Wildman–Crippen MR) is 89.3 cm³/mol. The molecule has 25 heavy (non-hydrogen) atoms. The average molecular weight is 346 g/mol. The highest BCUT2D eigenvalue weighted by Gasteiger charge is 2.30. The van der Waals surface area contributed by atoms with E-state index >= 15 is 0 Å². The Labute approximate surface area is 144 Å². The molecule has 2 heterocycles. The second kappa shape index (κ2) is 6.54. The van der Waals surface area contributed by atoms with E-state index in [-0.39, 0.29) is 6.54 Å². The minimum absolute atomic E-state index is 0.160. The van der Waals surface area contributed by atoms with E-state index in [0.717, 1.165) is 11.4 Å². The monoisotopic (exact) mass is 346 g/mol. The van der Waals surface area contributed by atoms with E-state index in [2.05, 4.69) is 10.4 Å². The number of likely N-dealkylation sites (tertiary alicyclic amines) is 1. The number of rotatable bonds is 3. The van der Waals surface area contributed by atoms with Gasteiger partial charge >= 0.3 is 12.0 Å². The molecule has 3 rings (SSSR count). The van der Waals surface area contributed by atoms with Crippen LogP contribution in [0.4, 0.5) is 14.9 Å². The van der Waals surface area contributed by atoms with Crippen molar-refractivity contribution in [2.24, 2.45) is 5.92 Å². The smallest absolute Gasteiger partial charge is 0.321 e. The van der Waals surface area contributed by atoms with Gasteiger partial charge in [-0.15, -0.1) is 0 Å². The second-order valence-electron chi connectivity index (χ2n) is 6.21. The Morgan fingerprint density at radius 1 is 1.32 bits per heavy atom. The van der Waals surface area contributed by atoms with Crippen molar-refractivity contribution in [3.8, 4) is 5.69 Å². The molecule has 0 aliphatic carbocycles. The van der Waals surface area contributed by atoms with Crippen LogP contribution in [-0.4, -0.2) is 44.9 Å². The third-order valence-corrected chi connectivity index (χ3v) is 4.26. The van der Waals surface area contributed by atoms with E-state index in [1.165, 1.54) is 15.6 Å².